The maximum atomic E-state index is 13.6. The van der Waals surface area contributed by atoms with Crippen LogP contribution >= 0.6 is 0 Å². The molecular formula is C21H26F3N3O. The lowest BCUT2D eigenvalue weighted by Crippen LogP contribution is -2.21. The van der Waals surface area contributed by atoms with E-state index in [-0.39, 0.29) is 17.9 Å². The molecule has 1 aliphatic rings. The summed E-state index contributed by atoms with van der Waals surface area (Å²) in [7, 11) is 1.59. The highest BCUT2D eigenvalue weighted by Crippen LogP contribution is 2.38. The maximum Gasteiger partial charge on any atom is 0.421 e. The molecule has 0 N–H and O–H groups in total. The summed E-state index contributed by atoms with van der Waals surface area (Å²) in [5.41, 5.74) is 0.849. The summed E-state index contributed by atoms with van der Waals surface area (Å²) in [6.45, 7) is 4.21. The van der Waals surface area contributed by atoms with Gasteiger partial charge in [0.15, 0.2) is 5.82 Å². The summed E-state index contributed by atoms with van der Waals surface area (Å²) in [4.78, 5) is 9.42. The summed E-state index contributed by atoms with van der Waals surface area (Å²) in [6.07, 6.45) is 0.977. The highest BCUT2D eigenvalue weighted by atomic mass is 19.4. The molecule has 1 saturated carbocycles. The summed E-state index contributed by atoms with van der Waals surface area (Å²) in [5, 5.41) is 0. The van der Waals surface area contributed by atoms with E-state index in [1.54, 1.807) is 13.1 Å². The van der Waals surface area contributed by atoms with Crippen LogP contribution in [0.3, 0.4) is 0 Å². The number of benzene rings is 1. The van der Waals surface area contributed by atoms with Crippen molar-refractivity contribution < 1.29 is 17.9 Å². The zero-order chi connectivity index (χ0) is 20.3. The third-order valence-corrected chi connectivity index (χ3v) is 4.89. The molecule has 0 atom stereocenters. The first-order valence-corrected chi connectivity index (χ1v) is 9.67. The molecule has 2 aromatic rings. The van der Waals surface area contributed by atoms with Crippen LogP contribution < -0.4 is 9.64 Å². The molecule has 0 spiro atoms. The van der Waals surface area contributed by atoms with Crippen molar-refractivity contribution in [1.29, 1.82) is 0 Å². The van der Waals surface area contributed by atoms with E-state index in [2.05, 4.69) is 23.8 Å². The van der Waals surface area contributed by atoms with Crippen LogP contribution in [0.25, 0.3) is 0 Å². The van der Waals surface area contributed by atoms with Gasteiger partial charge in [0.1, 0.15) is 11.7 Å². The van der Waals surface area contributed by atoms with Crippen LogP contribution in [0.15, 0.2) is 30.5 Å². The second-order valence-corrected chi connectivity index (χ2v) is 7.74. The number of nitrogens with zero attached hydrogens (tertiary/aromatic N) is 3. The quantitative estimate of drug-likeness (QED) is 0.623. The average Bonchev–Trinajstić information content (AvgIpc) is 3.13. The number of ether oxygens (including phenoxy) is 1. The van der Waals surface area contributed by atoms with Crippen molar-refractivity contribution in [2.75, 3.05) is 11.9 Å². The Morgan fingerprint density at radius 1 is 1.21 bits per heavy atom. The molecule has 0 bridgehead atoms. The third kappa shape index (κ3) is 4.94. The van der Waals surface area contributed by atoms with E-state index < -0.39 is 11.7 Å². The fourth-order valence-electron chi connectivity index (χ4n) is 3.51. The molecule has 1 aromatic heterocycles. The van der Waals surface area contributed by atoms with Crippen LogP contribution in [-0.2, 0) is 12.6 Å². The van der Waals surface area contributed by atoms with Gasteiger partial charge >= 0.3 is 12.2 Å². The number of rotatable bonds is 6. The SMILES string of the molecule is CC(C)Cc1cccc(N(C)c2nc(OC3CCCC3)ncc2C(F)(F)F)c1. The first-order valence-electron chi connectivity index (χ1n) is 9.67. The standard InChI is InChI=1S/C21H26F3N3O/c1-14(2)11-15-7-6-8-16(12-15)27(3)19-18(21(22,23)24)13-25-20(26-19)28-17-9-4-5-10-17/h6-8,12-14,17H,4-5,9-11H2,1-3H3. The highest BCUT2D eigenvalue weighted by molar-refractivity contribution is 5.63. The predicted molar refractivity (Wildman–Crippen MR) is 103 cm³/mol. The number of aromatic nitrogens is 2. The van der Waals surface area contributed by atoms with Crippen molar-refractivity contribution in [2.45, 2.75) is 58.2 Å². The molecule has 1 aliphatic carbocycles. The number of hydrogen-bond acceptors (Lipinski definition) is 4. The van der Waals surface area contributed by atoms with Crippen LogP contribution in [-0.4, -0.2) is 23.1 Å². The van der Waals surface area contributed by atoms with Crippen molar-refractivity contribution in [1.82, 2.24) is 9.97 Å². The lowest BCUT2D eigenvalue weighted by atomic mass is 10.0. The van der Waals surface area contributed by atoms with Gasteiger partial charge in [-0.3, -0.25) is 0 Å². The molecule has 1 aromatic carbocycles. The van der Waals surface area contributed by atoms with Crippen molar-refractivity contribution >= 4 is 11.5 Å². The zero-order valence-electron chi connectivity index (χ0n) is 16.5. The number of alkyl halides is 3. The fourth-order valence-corrected chi connectivity index (χ4v) is 3.51. The van der Waals surface area contributed by atoms with E-state index in [0.29, 0.717) is 11.6 Å². The molecule has 0 amide bonds. The minimum Gasteiger partial charge on any atom is -0.460 e. The lowest BCUT2D eigenvalue weighted by Gasteiger charge is -2.23. The normalized spacial score (nSPS) is 15.2. The maximum absolute atomic E-state index is 13.6. The van der Waals surface area contributed by atoms with Crippen LogP contribution in [0.4, 0.5) is 24.7 Å². The Balaban J connectivity index is 1.94. The van der Waals surface area contributed by atoms with Crippen molar-refractivity contribution in [2.24, 2.45) is 5.92 Å². The predicted octanol–water partition coefficient (Wildman–Crippen LogP) is 5.78. The largest absolute Gasteiger partial charge is 0.460 e. The van der Waals surface area contributed by atoms with Gasteiger partial charge in [-0.2, -0.15) is 18.2 Å². The number of anilines is 2. The molecule has 7 heteroatoms. The lowest BCUT2D eigenvalue weighted by molar-refractivity contribution is -0.137. The highest BCUT2D eigenvalue weighted by Gasteiger charge is 2.37. The molecule has 0 unspecified atom stereocenters. The zero-order valence-corrected chi connectivity index (χ0v) is 16.5. The molecule has 3 rings (SSSR count). The van der Waals surface area contributed by atoms with Gasteiger partial charge in [-0.05, 0) is 55.7 Å². The molecule has 152 valence electrons. The van der Waals surface area contributed by atoms with Crippen LogP contribution in [0, 0.1) is 5.92 Å². The first-order chi connectivity index (χ1) is 13.2. The van der Waals surface area contributed by atoms with Gasteiger partial charge in [0, 0.05) is 18.9 Å². The second kappa shape index (κ2) is 8.37. The number of halogens is 3. The van der Waals surface area contributed by atoms with Gasteiger partial charge in [-0.15, -0.1) is 0 Å². The second-order valence-electron chi connectivity index (χ2n) is 7.74. The molecule has 1 heterocycles. The summed E-state index contributed by atoms with van der Waals surface area (Å²) in [6, 6.07) is 7.52. The van der Waals surface area contributed by atoms with Gasteiger partial charge in [-0.25, -0.2) is 4.98 Å². The van der Waals surface area contributed by atoms with Gasteiger partial charge in [0.2, 0.25) is 0 Å². The van der Waals surface area contributed by atoms with Gasteiger partial charge in [-0.1, -0.05) is 26.0 Å². The Kier molecular flexibility index (Phi) is 6.10. The van der Waals surface area contributed by atoms with E-state index in [0.717, 1.165) is 43.9 Å². The Bertz CT molecular complexity index is 802. The van der Waals surface area contributed by atoms with Crippen molar-refractivity contribution in [3.8, 4) is 6.01 Å². The smallest absolute Gasteiger partial charge is 0.421 e. The summed E-state index contributed by atoms with van der Waals surface area (Å²) < 4.78 is 46.4. The van der Waals surface area contributed by atoms with E-state index in [1.165, 1.54) is 4.90 Å². The van der Waals surface area contributed by atoms with Crippen LogP contribution in [0.1, 0.15) is 50.7 Å². The topological polar surface area (TPSA) is 38.2 Å². The molecule has 0 saturated heterocycles. The van der Waals surface area contributed by atoms with Gasteiger partial charge < -0.3 is 9.64 Å². The molecule has 0 aliphatic heterocycles. The van der Waals surface area contributed by atoms with Gasteiger partial charge in [0.05, 0.1) is 0 Å². The van der Waals surface area contributed by atoms with E-state index in [9.17, 15) is 13.2 Å². The van der Waals surface area contributed by atoms with Crippen molar-refractivity contribution in [3.63, 3.8) is 0 Å². The summed E-state index contributed by atoms with van der Waals surface area (Å²) in [5.74, 6) is 0.258. The Labute approximate surface area is 163 Å². The third-order valence-electron chi connectivity index (χ3n) is 4.89. The molecular weight excluding hydrogens is 367 g/mol. The Morgan fingerprint density at radius 3 is 2.57 bits per heavy atom. The first kappa shape index (κ1) is 20.4. The monoisotopic (exact) mass is 393 g/mol. The molecule has 28 heavy (non-hydrogen) atoms. The van der Waals surface area contributed by atoms with Crippen LogP contribution in [0.5, 0.6) is 6.01 Å². The fraction of sp³-hybridized carbons (Fsp3) is 0.524. The Hall–Kier alpha value is -2.31. The molecule has 0 radical (unpaired) electrons. The summed E-state index contributed by atoms with van der Waals surface area (Å²) >= 11 is 0. The number of hydrogen-bond donors (Lipinski definition) is 0. The Morgan fingerprint density at radius 2 is 1.93 bits per heavy atom. The minimum absolute atomic E-state index is 0.0000787. The molecule has 4 nitrogen and oxygen atoms in total. The minimum atomic E-state index is -4.55. The van der Waals surface area contributed by atoms with Crippen molar-refractivity contribution in [3.05, 3.63) is 41.6 Å². The average molecular weight is 393 g/mol. The van der Waals surface area contributed by atoms with E-state index in [4.69, 9.17) is 4.74 Å². The molecule has 1 fully saturated rings. The van der Waals surface area contributed by atoms with Crippen LogP contribution in [0.2, 0.25) is 0 Å². The van der Waals surface area contributed by atoms with Gasteiger partial charge in [0.25, 0.3) is 0 Å². The van der Waals surface area contributed by atoms with E-state index in [1.807, 2.05) is 18.2 Å². The van der Waals surface area contributed by atoms with E-state index >= 15 is 0 Å².